The second kappa shape index (κ2) is 11.1. The number of halogens is 1. The highest BCUT2D eigenvalue weighted by Crippen LogP contribution is 2.31. The summed E-state index contributed by atoms with van der Waals surface area (Å²) in [5, 5.41) is 4.18. The van der Waals surface area contributed by atoms with Crippen LogP contribution in [-0.4, -0.2) is 29.9 Å². The molecule has 170 valence electrons. The van der Waals surface area contributed by atoms with Gasteiger partial charge >= 0.3 is 0 Å². The fourth-order valence-electron chi connectivity index (χ4n) is 4.15. The van der Waals surface area contributed by atoms with Crippen LogP contribution in [0.25, 0.3) is 22.2 Å². The normalized spacial score (nSPS) is 11.8. The zero-order valence-corrected chi connectivity index (χ0v) is 20.1. The number of hydrogen-bond donors (Lipinski definition) is 1. The summed E-state index contributed by atoms with van der Waals surface area (Å²) >= 11 is 0. The lowest BCUT2D eigenvalue weighted by Crippen LogP contribution is -2.30. The first-order chi connectivity index (χ1) is 15.6. The minimum Gasteiger partial charge on any atom is -0.345 e. The lowest BCUT2D eigenvalue weighted by Gasteiger charge is -2.22. The topological polar surface area (TPSA) is 45.2 Å². The molecule has 0 aliphatic carbocycles. The van der Waals surface area contributed by atoms with Crippen molar-refractivity contribution in [2.24, 2.45) is 0 Å². The average molecular weight is 460 g/mol. The number of carbonyl (C=O) groups excluding carboxylic acids is 1. The van der Waals surface area contributed by atoms with Gasteiger partial charge in [-0.15, -0.1) is 12.4 Å². The Morgan fingerprint density at radius 3 is 2.15 bits per heavy atom. The van der Waals surface area contributed by atoms with Gasteiger partial charge in [0.05, 0.1) is 22.8 Å². The Balaban J connectivity index is 0.00000306. The molecule has 1 aromatic heterocycles. The van der Waals surface area contributed by atoms with Gasteiger partial charge in [-0.3, -0.25) is 4.79 Å². The third-order valence-corrected chi connectivity index (χ3v) is 5.66. The number of amides is 1. The first-order valence-corrected chi connectivity index (χ1v) is 11.1. The molecule has 3 aromatic carbocycles. The van der Waals surface area contributed by atoms with E-state index >= 15 is 0 Å². The second-order valence-electron chi connectivity index (χ2n) is 8.28. The number of nitrogens with one attached hydrogen (secondary N) is 1. The number of pyridine rings is 1. The van der Waals surface area contributed by atoms with Gasteiger partial charge in [0.15, 0.2) is 0 Å². The summed E-state index contributed by atoms with van der Waals surface area (Å²) in [6.07, 6.45) is 0.813. The first-order valence-electron chi connectivity index (χ1n) is 11.1. The first kappa shape index (κ1) is 24.4. The standard InChI is InChI=1S/C28H29N3O.ClH/c1-4-24(20-13-7-5-8-14-20)30-28(32)26-22-17-11-12-18-25(22)29-27(23(26)19-31(2)3)21-15-9-6-10-16-21;/h5-18,24H,4,19H2,1-3H3,(H,30,32);1H/t24-;/m0./s1. The predicted octanol–water partition coefficient (Wildman–Crippen LogP) is 6.27. The van der Waals surface area contributed by atoms with Crippen LogP contribution in [0.15, 0.2) is 84.9 Å². The number of nitrogens with zero attached hydrogens (tertiary/aromatic N) is 2. The quantitative estimate of drug-likeness (QED) is 0.354. The van der Waals surface area contributed by atoms with Crippen LogP contribution < -0.4 is 5.32 Å². The SMILES string of the molecule is CC[C@H](NC(=O)c1c(CN(C)C)c(-c2ccccc2)nc2ccccc12)c1ccccc1.Cl. The van der Waals surface area contributed by atoms with Crippen molar-refractivity contribution < 1.29 is 4.79 Å². The van der Waals surface area contributed by atoms with Crippen molar-refractivity contribution in [2.75, 3.05) is 14.1 Å². The van der Waals surface area contributed by atoms with Crippen molar-refractivity contribution in [1.82, 2.24) is 15.2 Å². The summed E-state index contributed by atoms with van der Waals surface area (Å²) in [4.78, 5) is 20.9. The maximum absolute atomic E-state index is 13.8. The highest BCUT2D eigenvalue weighted by atomic mass is 35.5. The van der Waals surface area contributed by atoms with Crippen LogP contribution in [-0.2, 0) is 6.54 Å². The Hall–Kier alpha value is -3.21. The fraction of sp³-hybridized carbons (Fsp3) is 0.214. The van der Waals surface area contributed by atoms with Crippen LogP contribution in [0.1, 0.15) is 40.9 Å². The third-order valence-electron chi connectivity index (χ3n) is 5.66. The van der Waals surface area contributed by atoms with E-state index in [1.54, 1.807) is 0 Å². The molecule has 0 saturated carbocycles. The van der Waals surface area contributed by atoms with Crippen molar-refractivity contribution in [2.45, 2.75) is 25.9 Å². The Morgan fingerprint density at radius 1 is 0.909 bits per heavy atom. The van der Waals surface area contributed by atoms with E-state index in [0.717, 1.165) is 39.7 Å². The largest absolute Gasteiger partial charge is 0.345 e. The summed E-state index contributed by atoms with van der Waals surface area (Å²) in [6.45, 7) is 2.71. The number of benzene rings is 3. The highest BCUT2D eigenvalue weighted by molar-refractivity contribution is 6.09. The molecule has 1 amide bonds. The molecular formula is C28H30ClN3O. The van der Waals surface area contributed by atoms with Crippen molar-refractivity contribution >= 4 is 29.2 Å². The monoisotopic (exact) mass is 459 g/mol. The van der Waals surface area contributed by atoms with Crippen molar-refractivity contribution in [3.05, 3.63) is 102 Å². The lowest BCUT2D eigenvalue weighted by molar-refractivity contribution is 0.0935. The van der Waals surface area contributed by atoms with E-state index in [1.807, 2.05) is 74.8 Å². The fourth-order valence-corrected chi connectivity index (χ4v) is 4.15. The van der Waals surface area contributed by atoms with E-state index in [0.29, 0.717) is 12.1 Å². The van der Waals surface area contributed by atoms with Gasteiger partial charge in [-0.25, -0.2) is 4.98 Å². The number of aromatic nitrogens is 1. The predicted molar refractivity (Wildman–Crippen MR) is 139 cm³/mol. The van der Waals surface area contributed by atoms with Gasteiger partial charge in [0.2, 0.25) is 0 Å². The molecule has 0 bridgehead atoms. The van der Waals surface area contributed by atoms with Gasteiger partial charge in [-0.1, -0.05) is 85.8 Å². The van der Waals surface area contributed by atoms with Crippen molar-refractivity contribution in [3.8, 4) is 11.3 Å². The van der Waals surface area contributed by atoms with Crippen LogP contribution in [0.4, 0.5) is 0 Å². The molecule has 1 heterocycles. The van der Waals surface area contributed by atoms with Crippen LogP contribution in [0.2, 0.25) is 0 Å². The smallest absolute Gasteiger partial charge is 0.252 e. The van der Waals surface area contributed by atoms with E-state index < -0.39 is 0 Å². The van der Waals surface area contributed by atoms with Crippen LogP contribution in [0.5, 0.6) is 0 Å². The third kappa shape index (κ3) is 5.41. The Bertz CT molecular complexity index is 1210. The molecule has 0 aliphatic rings. The molecule has 5 heteroatoms. The zero-order chi connectivity index (χ0) is 22.5. The number of fused-ring (bicyclic) bond motifs is 1. The molecule has 0 radical (unpaired) electrons. The highest BCUT2D eigenvalue weighted by Gasteiger charge is 2.23. The molecule has 1 N–H and O–H groups in total. The van der Waals surface area contributed by atoms with Gasteiger partial charge < -0.3 is 10.2 Å². The Labute approximate surface area is 202 Å². The molecule has 4 rings (SSSR count). The molecule has 0 aliphatic heterocycles. The van der Waals surface area contributed by atoms with E-state index in [9.17, 15) is 4.79 Å². The number of carbonyl (C=O) groups is 1. The van der Waals surface area contributed by atoms with E-state index in [-0.39, 0.29) is 24.4 Å². The molecule has 1 atom stereocenters. The summed E-state index contributed by atoms with van der Waals surface area (Å²) in [5.41, 5.74) is 5.46. The molecule has 0 spiro atoms. The minimum absolute atomic E-state index is 0. The van der Waals surface area contributed by atoms with Gasteiger partial charge in [0, 0.05) is 23.1 Å². The lowest BCUT2D eigenvalue weighted by atomic mass is 9.95. The summed E-state index contributed by atoms with van der Waals surface area (Å²) in [6, 6.07) is 28.1. The van der Waals surface area contributed by atoms with Crippen LogP contribution in [0, 0.1) is 0 Å². The molecular weight excluding hydrogens is 430 g/mol. The molecule has 4 nitrogen and oxygen atoms in total. The Morgan fingerprint density at radius 2 is 1.52 bits per heavy atom. The van der Waals surface area contributed by atoms with E-state index in [2.05, 4.69) is 41.4 Å². The van der Waals surface area contributed by atoms with Crippen LogP contribution in [0.3, 0.4) is 0 Å². The molecule has 0 fully saturated rings. The minimum atomic E-state index is -0.0617. The van der Waals surface area contributed by atoms with Gasteiger partial charge in [0.25, 0.3) is 5.91 Å². The summed E-state index contributed by atoms with van der Waals surface area (Å²) in [7, 11) is 4.04. The van der Waals surface area contributed by atoms with Crippen molar-refractivity contribution in [1.29, 1.82) is 0 Å². The molecule has 0 unspecified atom stereocenters. The summed E-state index contributed by atoms with van der Waals surface area (Å²) in [5.74, 6) is -0.0617. The maximum Gasteiger partial charge on any atom is 0.252 e. The van der Waals surface area contributed by atoms with E-state index in [1.165, 1.54) is 0 Å². The van der Waals surface area contributed by atoms with Gasteiger partial charge in [-0.05, 0) is 32.1 Å². The van der Waals surface area contributed by atoms with Gasteiger partial charge in [-0.2, -0.15) is 0 Å². The Kier molecular flexibility index (Phi) is 8.21. The number of hydrogen-bond acceptors (Lipinski definition) is 3. The van der Waals surface area contributed by atoms with Gasteiger partial charge in [0.1, 0.15) is 0 Å². The average Bonchev–Trinajstić information content (AvgIpc) is 2.82. The van der Waals surface area contributed by atoms with E-state index in [4.69, 9.17) is 4.98 Å². The molecule has 33 heavy (non-hydrogen) atoms. The van der Waals surface area contributed by atoms with Crippen molar-refractivity contribution in [3.63, 3.8) is 0 Å². The number of rotatable bonds is 7. The van der Waals surface area contributed by atoms with Crippen LogP contribution >= 0.6 is 12.4 Å². The summed E-state index contributed by atoms with van der Waals surface area (Å²) < 4.78 is 0. The number of para-hydroxylation sites is 1. The molecule has 0 saturated heterocycles. The zero-order valence-electron chi connectivity index (χ0n) is 19.3. The molecule has 4 aromatic rings. The maximum atomic E-state index is 13.8. The second-order valence-corrected chi connectivity index (χ2v) is 8.28.